The van der Waals surface area contributed by atoms with Gasteiger partial charge in [-0.15, -0.1) is 0 Å². The van der Waals surface area contributed by atoms with Gasteiger partial charge in [-0.25, -0.2) is 13.4 Å². The number of sulfone groups is 1. The fraction of sp³-hybridized carbons (Fsp3) is 0.500. The van der Waals surface area contributed by atoms with E-state index >= 15 is 0 Å². The lowest BCUT2D eigenvalue weighted by atomic mass is 9.85. The normalized spacial score (nSPS) is 16.7. The van der Waals surface area contributed by atoms with Crippen molar-refractivity contribution in [3.63, 3.8) is 0 Å². The fourth-order valence-electron chi connectivity index (χ4n) is 5.10. The molecule has 0 amide bonds. The van der Waals surface area contributed by atoms with Gasteiger partial charge in [0.25, 0.3) is 0 Å². The van der Waals surface area contributed by atoms with E-state index in [9.17, 15) is 13.7 Å². The van der Waals surface area contributed by atoms with E-state index in [2.05, 4.69) is 51.4 Å². The third kappa shape index (κ3) is 5.48. The second kappa shape index (κ2) is 10.7. The van der Waals surface area contributed by atoms with Crippen LogP contribution in [0.25, 0.3) is 11.3 Å². The molecule has 2 fully saturated rings. The highest BCUT2D eigenvalue weighted by Crippen LogP contribution is 2.42. The summed E-state index contributed by atoms with van der Waals surface area (Å²) >= 11 is 0. The lowest BCUT2D eigenvalue weighted by Gasteiger charge is -2.30. The molecule has 40 heavy (non-hydrogen) atoms. The van der Waals surface area contributed by atoms with Crippen LogP contribution in [-0.2, 0) is 16.9 Å². The van der Waals surface area contributed by atoms with Crippen molar-refractivity contribution in [1.82, 2.24) is 24.6 Å². The summed E-state index contributed by atoms with van der Waals surface area (Å²) in [6, 6.07) is 6.35. The van der Waals surface area contributed by atoms with Gasteiger partial charge in [-0.05, 0) is 95.8 Å². The average Bonchev–Trinajstić information content (AvgIpc) is 3.64. The zero-order valence-electron chi connectivity index (χ0n) is 23.6. The molecule has 0 radical (unpaired) electrons. The Balaban J connectivity index is 1.61. The minimum atomic E-state index is -3.71. The molecule has 5 rings (SSSR count). The van der Waals surface area contributed by atoms with Crippen molar-refractivity contribution in [2.45, 2.75) is 68.8 Å². The van der Waals surface area contributed by atoms with Crippen LogP contribution < -0.4 is 15.8 Å². The summed E-state index contributed by atoms with van der Waals surface area (Å²) in [5.74, 6) is 1.16. The van der Waals surface area contributed by atoms with Crippen LogP contribution in [0.3, 0.4) is 0 Å². The smallest absolute Gasteiger partial charge is 0.222 e. The Labute approximate surface area is 235 Å². The molecule has 2 aliphatic rings. The van der Waals surface area contributed by atoms with Gasteiger partial charge < -0.3 is 20.7 Å². The Kier molecular flexibility index (Phi) is 7.46. The van der Waals surface area contributed by atoms with Crippen LogP contribution in [0.5, 0.6) is 5.75 Å². The first kappa shape index (κ1) is 27.9. The van der Waals surface area contributed by atoms with Crippen molar-refractivity contribution in [1.29, 1.82) is 5.26 Å². The minimum absolute atomic E-state index is 0.0527. The maximum Gasteiger partial charge on any atom is 0.222 e. The molecular formula is C28H36N8O3S. The number of ether oxygens (including phenoxy) is 1. The van der Waals surface area contributed by atoms with Crippen molar-refractivity contribution in [3.8, 4) is 23.1 Å². The van der Waals surface area contributed by atoms with Crippen LogP contribution in [-0.4, -0.2) is 64.6 Å². The molecule has 1 saturated heterocycles. The zero-order valence-corrected chi connectivity index (χ0v) is 24.4. The van der Waals surface area contributed by atoms with Gasteiger partial charge >= 0.3 is 0 Å². The van der Waals surface area contributed by atoms with Gasteiger partial charge in [0.15, 0.2) is 5.82 Å². The van der Waals surface area contributed by atoms with Crippen LogP contribution in [0.2, 0.25) is 0 Å². The molecule has 11 nitrogen and oxygen atoms in total. The molecule has 3 heterocycles. The van der Waals surface area contributed by atoms with E-state index < -0.39 is 15.1 Å². The Bertz CT molecular complexity index is 1580. The summed E-state index contributed by atoms with van der Waals surface area (Å²) in [5, 5.41) is 16.7. The lowest BCUT2D eigenvalue weighted by Crippen LogP contribution is -2.29. The average molecular weight is 565 g/mol. The molecule has 0 bridgehead atoms. The lowest BCUT2D eigenvalue weighted by molar-refractivity contribution is 0.254. The van der Waals surface area contributed by atoms with E-state index in [4.69, 9.17) is 10.5 Å². The predicted octanol–water partition coefficient (Wildman–Crippen LogP) is 3.92. The second-order valence-corrected chi connectivity index (χ2v) is 13.5. The summed E-state index contributed by atoms with van der Waals surface area (Å²) in [7, 11) is 0.0668. The highest BCUT2D eigenvalue weighted by atomic mass is 32.2. The second-order valence-electron chi connectivity index (χ2n) is 11.1. The molecule has 1 saturated carbocycles. The number of hydrogen-bond donors (Lipinski definition) is 2. The molecule has 0 spiro atoms. The molecule has 0 unspecified atom stereocenters. The van der Waals surface area contributed by atoms with E-state index in [1.807, 2.05) is 6.07 Å². The molecule has 0 atom stereocenters. The van der Waals surface area contributed by atoms with E-state index in [1.165, 1.54) is 16.4 Å². The SMILES string of the molecule is Cc1cc(-c2nc(N)nc(Nc3cn(C)nc3S(=O)(=O)C(C)C)c2C#N)c(OC2CC2)cc1C1CCN(C)CC1. The van der Waals surface area contributed by atoms with Gasteiger partial charge in [-0.2, -0.15) is 15.3 Å². The molecule has 1 aliphatic heterocycles. The first-order valence-electron chi connectivity index (χ1n) is 13.6. The first-order chi connectivity index (χ1) is 19.0. The quantitative estimate of drug-likeness (QED) is 0.412. The Morgan fingerprint density at radius 3 is 2.48 bits per heavy atom. The molecule has 1 aromatic carbocycles. The Morgan fingerprint density at radius 2 is 1.85 bits per heavy atom. The number of benzene rings is 1. The van der Waals surface area contributed by atoms with Crippen LogP contribution in [0.15, 0.2) is 23.4 Å². The van der Waals surface area contributed by atoms with Crippen LogP contribution >= 0.6 is 0 Å². The molecule has 1 aliphatic carbocycles. The van der Waals surface area contributed by atoms with E-state index in [1.54, 1.807) is 20.9 Å². The number of rotatable bonds is 8. The van der Waals surface area contributed by atoms with E-state index in [0.717, 1.165) is 44.3 Å². The summed E-state index contributed by atoms with van der Waals surface area (Å²) < 4.78 is 33.7. The van der Waals surface area contributed by atoms with Gasteiger partial charge in [0.2, 0.25) is 20.8 Å². The van der Waals surface area contributed by atoms with Gasteiger partial charge in [0.1, 0.15) is 17.4 Å². The van der Waals surface area contributed by atoms with Gasteiger partial charge in [-0.3, -0.25) is 4.68 Å². The highest BCUT2D eigenvalue weighted by Gasteiger charge is 2.30. The molecule has 2 aromatic heterocycles. The number of hydrogen-bond acceptors (Lipinski definition) is 10. The predicted molar refractivity (Wildman–Crippen MR) is 153 cm³/mol. The molecular weight excluding hydrogens is 528 g/mol. The van der Waals surface area contributed by atoms with Crippen LogP contribution in [0, 0.1) is 18.3 Å². The van der Waals surface area contributed by atoms with E-state index in [-0.39, 0.29) is 34.1 Å². The number of piperidine rings is 1. The third-order valence-electron chi connectivity index (χ3n) is 7.58. The monoisotopic (exact) mass is 564 g/mol. The number of aromatic nitrogens is 4. The van der Waals surface area contributed by atoms with Crippen LogP contribution in [0.1, 0.15) is 62.1 Å². The van der Waals surface area contributed by atoms with Crippen molar-refractivity contribution in [3.05, 3.63) is 35.0 Å². The van der Waals surface area contributed by atoms with Crippen LogP contribution in [0.4, 0.5) is 17.5 Å². The Morgan fingerprint density at radius 1 is 1.15 bits per heavy atom. The van der Waals surface area contributed by atoms with Gasteiger partial charge in [0.05, 0.1) is 22.7 Å². The Hall–Kier alpha value is -3.69. The maximum atomic E-state index is 13.0. The topological polar surface area (TPSA) is 152 Å². The number of nitrogens with two attached hydrogens (primary N) is 1. The summed E-state index contributed by atoms with van der Waals surface area (Å²) in [6.07, 6.45) is 5.78. The molecule has 3 N–H and O–H groups in total. The zero-order chi connectivity index (χ0) is 28.8. The number of aryl methyl sites for hydroxylation is 2. The van der Waals surface area contributed by atoms with E-state index in [0.29, 0.717) is 22.9 Å². The standard InChI is InChI=1S/C28H36N8O3S/c1-16(2)40(37,38)27-23(15-36(5)34-27)31-26-22(14-29)25(32-28(30)33-26)21-12-17(3)20(13-24(21)39-19-6-7-19)18-8-10-35(4)11-9-18/h12-13,15-16,18-19H,6-11H2,1-5H3,(H3,30,31,32,33). The summed E-state index contributed by atoms with van der Waals surface area (Å²) in [6.45, 7) is 7.35. The third-order valence-corrected chi connectivity index (χ3v) is 9.66. The largest absolute Gasteiger partial charge is 0.490 e. The summed E-state index contributed by atoms with van der Waals surface area (Å²) in [4.78, 5) is 11.1. The number of likely N-dealkylation sites (tertiary alicyclic amines) is 1. The first-order valence-corrected chi connectivity index (χ1v) is 15.1. The van der Waals surface area contributed by atoms with Crippen molar-refractivity contribution in [2.24, 2.45) is 7.05 Å². The molecule has 12 heteroatoms. The number of nitrogens with one attached hydrogen (secondary N) is 1. The molecule has 212 valence electrons. The minimum Gasteiger partial charge on any atom is -0.490 e. The molecule has 3 aromatic rings. The number of anilines is 3. The van der Waals surface area contributed by atoms with Crippen molar-refractivity contribution < 1.29 is 13.2 Å². The number of nitriles is 1. The van der Waals surface area contributed by atoms with Gasteiger partial charge in [-0.1, -0.05) is 0 Å². The number of nitrogens with zero attached hydrogens (tertiary/aromatic N) is 6. The fourth-order valence-corrected chi connectivity index (χ4v) is 6.19. The highest BCUT2D eigenvalue weighted by molar-refractivity contribution is 7.92. The van der Waals surface area contributed by atoms with Crippen molar-refractivity contribution >= 4 is 27.3 Å². The maximum absolute atomic E-state index is 13.0. The number of nitrogen functional groups attached to an aromatic ring is 1. The van der Waals surface area contributed by atoms with Crippen molar-refractivity contribution in [2.75, 3.05) is 31.2 Å². The van der Waals surface area contributed by atoms with Gasteiger partial charge in [0, 0.05) is 18.8 Å². The summed E-state index contributed by atoms with van der Waals surface area (Å²) in [5.41, 5.74) is 9.85.